The number of hydrogen-bond acceptors (Lipinski definition) is 4. The van der Waals surface area contributed by atoms with Gasteiger partial charge in [0, 0.05) is 18.5 Å². The molecule has 1 saturated carbocycles. The molecule has 1 N–H and O–H groups in total. The van der Waals surface area contributed by atoms with Gasteiger partial charge < -0.3 is 10.0 Å². The molecule has 1 aliphatic heterocycles. The van der Waals surface area contributed by atoms with Crippen molar-refractivity contribution in [2.45, 2.75) is 64.1 Å². The predicted octanol–water partition coefficient (Wildman–Crippen LogP) is 2.57. The molecule has 2 aromatic rings. The highest BCUT2D eigenvalue weighted by Gasteiger charge is 2.50. The number of carbonyl (C=O) groups excluding carboxylic acids is 1. The van der Waals surface area contributed by atoms with Crippen LogP contribution in [0, 0.1) is 19.8 Å². The Morgan fingerprint density at radius 1 is 1.22 bits per heavy atom. The van der Waals surface area contributed by atoms with E-state index in [0.29, 0.717) is 18.8 Å². The van der Waals surface area contributed by atoms with Gasteiger partial charge in [-0.25, -0.2) is 9.67 Å². The van der Waals surface area contributed by atoms with Gasteiger partial charge in [0.1, 0.15) is 18.2 Å². The van der Waals surface area contributed by atoms with E-state index in [9.17, 15) is 9.90 Å². The van der Waals surface area contributed by atoms with Crippen LogP contribution >= 0.6 is 0 Å². The number of piperidine rings is 1. The Balaban J connectivity index is 1.58. The number of nitrogens with zero attached hydrogens (tertiary/aromatic N) is 4. The number of carbonyl (C=O) groups is 1. The molecule has 6 heteroatoms. The summed E-state index contributed by atoms with van der Waals surface area (Å²) >= 11 is 0. The third kappa shape index (κ3) is 3.27. The van der Waals surface area contributed by atoms with E-state index in [-0.39, 0.29) is 24.4 Å². The summed E-state index contributed by atoms with van der Waals surface area (Å²) in [6, 6.07) is 10.1. The van der Waals surface area contributed by atoms with Crippen LogP contribution in [0.1, 0.15) is 49.3 Å². The summed E-state index contributed by atoms with van der Waals surface area (Å²) in [4.78, 5) is 19.4. The van der Waals surface area contributed by atoms with Crippen LogP contribution in [0.2, 0.25) is 0 Å². The molecule has 1 amide bonds. The van der Waals surface area contributed by atoms with E-state index >= 15 is 0 Å². The monoisotopic (exact) mass is 368 g/mol. The van der Waals surface area contributed by atoms with Crippen LogP contribution in [-0.2, 0) is 16.9 Å². The Hall–Kier alpha value is -2.21. The summed E-state index contributed by atoms with van der Waals surface area (Å²) in [5.74, 6) is 1.62. The summed E-state index contributed by atoms with van der Waals surface area (Å²) < 4.78 is 1.69. The Kier molecular flexibility index (Phi) is 4.76. The highest BCUT2D eigenvalue weighted by molar-refractivity contribution is 5.76. The molecule has 6 nitrogen and oxygen atoms in total. The number of aromatic nitrogens is 3. The van der Waals surface area contributed by atoms with Gasteiger partial charge in [0.25, 0.3) is 0 Å². The van der Waals surface area contributed by atoms with Gasteiger partial charge in [-0.1, -0.05) is 43.2 Å². The van der Waals surface area contributed by atoms with Crippen molar-refractivity contribution in [2.24, 2.45) is 5.92 Å². The van der Waals surface area contributed by atoms with Gasteiger partial charge in [-0.15, -0.1) is 0 Å². The van der Waals surface area contributed by atoms with Gasteiger partial charge >= 0.3 is 0 Å². The van der Waals surface area contributed by atoms with Gasteiger partial charge in [0.05, 0.1) is 5.60 Å². The summed E-state index contributed by atoms with van der Waals surface area (Å²) in [5, 5.41) is 15.9. The van der Waals surface area contributed by atoms with Gasteiger partial charge in [-0.3, -0.25) is 4.79 Å². The molecular weight excluding hydrogens is 340 g/mol. The second-order valence-corrected chi connectivity index (χ2v) is 7.95. The lowest BCUT2D eigenvalue weighted by molar-refractivity contribution is -0.155. The molecule has 1 aliphatic carbocycles. The van der Waals surface area contributed by atoms with Crippen molar-refractivity contribution in [1.82, 2.24) is 19.7 Å². The third-order valence-corrected chi connectivity index (χ3v) is 6.32. The van der Waals surface area contributed by atoms with Crippen molar-refractivity contribution < 1.29 is 9.90 Å². The molecule has 144 valence electrons. The average molecular weight is 368 g/mol. The summed E-state index contributed by atoms with van der Waals surface area (Å²) in [6.07, 6.45) is 4.72. The molecule has 4 rings (SSSR count). The van der Waals surface area contributed by atoms with Crippen molar-refractivity contribution in [1.29, 1.82) is 0 Å². The van der Waals surface area contributed by atoms with Gasteiger partial charge in [-0.2, -0.15) is 5.10 Å². The molecule has 2 aliphatic rings. The smallest absolute Gasteiger partial charge is 0.244 e. The first-order chi connectivity index (χ1) is 13.0. The molecule has 0 radical (unpaired) electrons. The lowest BCUT2D eigenvalue weighted by atomic mass is 9.66. The maximum atomic E-state index is 13.1. The molecule has 0 spiro atoms. The van der Waals surface area contributed by atoms with E-state index in [1.54, 1.807) is 4.68 Å². The first-order valence-electron chi connectivity index (χ1n) is 9.94. The largest absolute Gasteiger partial charge is 0.385 e. The molecule has 0 bridgehead atoms. The van der Waals surface area contributed by atoms with E-state index in [0.717, 1.165) is 37.1 Å². The quantitative estimate of drug-likeness (QED) is 0.904. The summed E-state index contributed by atoms with van der Waals surface area (Å²) in [5.41, 5.74) is 0.139. The van der Waals surface area contributed by atoms with Crippen molar-refractivity contribution >= 4 is 5.91 Å². The van der Waals surface area contributed by atoms with Gasteiger partial charge in [0.2, 0.25) is 5.91 Å². The molecule has 1 aromatic carbocycles. The molecule has 2 fully saturated rings. The first-order valence-corrected chi connectivity index (χ1v) is 9.94. The van der Waals surface area contributed by atoms with Crippen LogP contribution in [-0.4, -0.2) is 43.3 Å². The molecule has 2 heterocycles. The standard InChI is InChI=1S/C21H28N4O2/c1-15-22-16(2)25(23-15)14-20(26)24-13-12-21(27,17-8-4-3-5-9-17)18-10-6-7-11-19(18)24/h3-5,8-9,18-19,27H,6-7,10-14H2,1-2H3/t18-,19-,21+/m1/s1. The van der Waals surface area contributed by atoms with E-state index < -0.39 is 5.60 Å². The molecule has 1 aromatic heterocycles. The second-order valence-electron chi connectivity index (χ2n) is 7.95. The molecule has 27 heavy (non-hydrogen) atoms. The van der Waals surface area contributed by atoms with E-state index in [1.807, 2.05) is 49.1 Å². The molecule has 1 saturated heterocycles. The maximum Gasteiger partial charge on any atom is 0.244 e. The number of fused-ring (bicyclic) bond motifs is 1. The lowest BCUT2D eigenvalue weighted by Gasteiger charge is -2.52. The lowest BCUT2D eigenvalue weighted by Crippen LogP contribution is -2.59. The topological polar surface area (TPSA) is 71.2 Å². The molecule has 0 unspecified atom stereocenters. The van der Waals surface area contributed by atoms with E-state index in [2.05, 4.69) is 10.1 Å². The minimum atomic E-state index is -0.844. The summed E-state index contributed by atoms with van der Waals surface area (Å²) in [6.45, 7) is 4.52. The Labute approximate surface area is 160 Å². The second kappa shape index (κ2) is 7.08. The average Bonchev–Trinajstić information content (AvgIpc) is 2.99. The van der Waals surface area contributed by atoms with Crippen LogP contribution in [0.15, 0.2) is 30.3 Å². The van der Waals surface area contributed by atoms with Crippen LogP contribution < -0.4 is 0 Å². The first kappa shape index (κ1) is 18.2. The van der Waals surface area contributed by atoms with E-state index in [1.165, 1.54) is 0 Å². The maximum absolute atomic E-state index is 13.1. The fraction of sp³-hybridized carbons (Fsp3) is 0.571. The van der Waals surface area contributed by atoms with Gasteiger partial charge in [-0.05, 0) is 38.7 Å². The van der Waals surface area contributed by atoms with Gasteiger partial charge in [0.15, 0.2) is 0 Å². The number of amides is 1. The fourth-order valence-corrected chi connectivity index (χ4v) is 5.01. The van der Waals surface area contributed by atoms with Crippen LogP contribution in [0.3, 0.4) is 0 Å². The van der Waals surface area contributed by atoms with Crippen molar-refractivity contribution in [3.05, 3.63) is 47.5 Å². The van der Waals surface area contributed by atoms with Crippen LogP contribution in [0.25, 0.3) is 0 Å². The van der Waals surface area contributed by atoms with Crippen molar-refractivity contribution in [2.75, 3.05) is 6.54 Å². The van der Waals surface area contributed by atoms with Crippen LogP contribution in [0.5, 0.6) is 0 Å². The van der Waals surface area contributed by atoms with Crippen molar-refractivity contribution in [3.63, 3.8) is 0 Å². The van der Waals surface area contributed by atoms with Crippen molar-refractivity contribution in [3.8, 4) is 0 Å². The zero-order chi connectivity index (χ0) is 19.0. The zero-order valence-electron chi connectivity index (χ0n) is 16.1. The number of hydrogen-bond donors (Lipinski definition) is 1. The number of likely N-dealkylation sites (tertiary alicyclic amines) is 1. The minimum Gasteiger partial charge on any atom is -0.385 e. The number of aryl methyl sites for hydroxylation is 2. The minimum absolute atomic E-state index is 0.0787. The molecular formula is C21H28N4O2. The van der Waals surface area contributed by atoms with E-state index in [4.69, 9.17) is 0 Å². The number of rotatable bonds is 3. The Bertz CT molecular complexity index is 819. The zero-order valence-corrected chi connectivity index (χ0v) is 16.1. The predicted molar refractivity (Wildman–Crippen MR) is 102 cm³/mol. The SMILES string of the molecule is Cc1nc(C)n(CC(=O)N2CC[C@](O)(c3ccccc3)[C@@H]3CCCC[C@H]32)n1. The fourth-order valence-electron chi connectivity index (χ4n) is 5.01. The third-order valence-electron chi connectivity index (χ3n) is 6.32. The normalized spacial score (nSPS) is 28.0. The highest BCUT2D eigenvalue weighted by Crippen LogP contribution is 2.46. The Morgan fingerprint density at radius 2 is 1.96 bits per heavy atom. The van der Waals surface area contributed by atoms with Crippen LogP contribution in [0.4, 0.5) is 0 Å². The Morgan fingerprint density at radius 3 is 2.67 bits per heavy atom. The molecule has 3 atom stereocenters. The highest BCUT2D eigenvalue weighted by atomic mass is 16.3. The number of aliphatic hydroxyl groups is 1. The summed E-state index contributed by atoms with van der Waals surface area (Å²) in [7, 11) is 0. The number of benzene rings is 1.